The average molecular weight is 448 g/mol. The Labute approximate surface area is 193 Å². The van der Waals surface area contributed by atoms with Crippen molar-refractivity contribution in [2.45, 2.75) is 25.4 Å². The molecule has 0 aromatic heterocycles. The third kappa shape index (κ3) is 3.40. The molecule has 0 spiro atoms. The molecule has 0 saturated carbocycles. The molecule has 8 heteroatoms. The van der Waals surface area contributed by atoms with E-state index in [0.717, 1.165) is 91.4 Å². The molecule has 2 fully saturated rings. The predicted molar refractivity (Wildman–Crippen MR) is 128 cm³/mol. The fourth-order valence-corrected chi connectivity index (χ4v) is 5.77. The van der Waals surface area contributed by atoms with Gasteiger partial charge in [0.25, 0.3) is 0 Å². The summed E-state index contributed by atoms with van der Waals surface area (Å²) in [5.74, 6) is 0.101. The van der Waals surface area contributed by atoms with Gasteiger partial charge in [-0.05, 0) is 30.9 Å². The van der Waals surface area contributed by atoms with Crippen molar-refractivity contribution in [2.24, 2.45) is 5.18 Å². The molecular formula is C25H29N5O3. The summed E-state index contributed by atoms with van der Waals surface area (Å²) in [6.07, 6.45) is 3.27. The highest BCUT2D eigenvalue weighted by atomic mass is 16.7. The second kappa shape index (κ2) is 8.43. The van der Waals surface area contributed by atoms with Gasteiger partial charge >= 0.3 is 0 Å². The van der Waals surface area contributed by atoms with Crippen LogP contribution in [0.25, 0.3) is 0 Å². The number of ketones is 1. The van der Waals surface area contributed by atoms with Crippen LogP contribution >= 0.6 is 0 Å². The average Bonchev–Trinajstić information content (AvgIpc) is 3.32. The van der Waals surface area contributed by atoms with Gasteiger partial charge in [-0.3, -0.25) is 20.0 Å². The SMILES string of the molecule is O=NCCN1CCN(c2cc(N3CCCCC3)c3c4c2NOC4c2ccccc2C3=O)CC1. The third-order valence-electron chi connectivity index (χ3n) is 7.50. The van der Waals surface area contributed by atoms with Crippen LogP contribution in [0.5, 0.6) is 0 Å². The van der Waals surface area contributed by atoms with Gasteiger partial charge in [0, 0.05) is 56.9 Å². The lowest BCUT2D eigenvalue weighted by Crippen LogP contribution is -2.47. The first-order valence-electron chi connectivity index (χ1n) is 12.0. The largest absolute Gasteiger partial charge is 0.371 e. The number of piperidine rings is 1. The van der Waals surface area contributed by atoms with Crippen molar-refractivity contribution in [3.05, 3.63) is 57.5 Å². The standard InChI is InChI=1S/C25H29N5O3/c31-24-17-6-2-3-7-18(17)25-22-21(24)19(29-9-4-1-5-10-29)16-20(23(22)27-33-25)30-14-12-28(13-15-30)11-8-26-32/h2-3,6-7,16,25,27H,1,4-5,8-15H2. The Hall–Kier alpha value is -2.97. The van der Waals surface area contributed by atoms with E-state index in [4.69, 9.17) is 4.84 Å². The maximum Gasteiger partial charge on any atom is 0.195 e. The lowest BCUT2D eigenvalue weighted by atomic mass is 9.81. The Kier molecular flexibility index (Phi) is 5.27. The van der Waals surface area contributed by atoms with Crippen molar-refractivity contribution in [1.82, 2.24) is 4.90 Å². The maximum absolute atomic E-state index is 13.8. The quantitative estimate of drug-likeness (QED) is 0.703. The van der Waals surface area contributed by atoms with E-state index in [2.05, 4.69) is 31.4 Å². The van der Waals surface area contributed by atoms with Crippen molar-refractivity contribution in [1.29, 1.82) is 0 Å². The number of carbonyl (C=O) groups is 1. The number of carbonyl (C=O) groups excluding carboxylic acids is 1. The fraction of sp³-hybridized carbons (Fsp3) is 0.480. The minimum atomic E-state index is -0.271. The van der Waals surface area contributed by atoms with Gasteiger partial charge in [0.2, 0.25) is 0 Å². The van der Waals surface area contributed by atoms with E-state index in [-0.39, 0.29) is 11.9 Å². The zero-order valence-electron chi connectivity index (χ0n) is 18.8. The van der Waals surface area contributed by atoms with Crippen LogP contribution in [0.15, 0.2) is 35.5 Å². The summed E-state index contributed by atoms with van der Waals surface area (Å²) in [5, 5.41) is 3.01. The van der Waals surface area contributed by atoms with Crippen LogP contribution in [0.2, 0.25) is 0 Å². The fourth-order valence-electron chi connectivity index (χ4n) is 5.77. The van der Waals surface area contributed by atoms with Crippen LogP contribution in [0.3, 0.4) is 0 Å². The molecule has 3 aliphatic heterocycles. The lowest BCUT2D eigenvalue weighted by molar-refractivity contribution is 0.101. The van der Waals surface area contributed by atoms with E-state index in [9.17, 15) is 9.70 Å². The van der Waals surface area contributed by atoms with E-state index in [1.165, 1.54) is 6.42 Å². The summed E-state index contributed by atoms with van der Waals surface area (Å²) in [7, 11) is 0. The first-order chi connectivity index (χ1) is 16.3. The Morgan fingerprint density at radius 3 is 2.52 bits per heavy atom. The van der Waals surface area contributed by atoms with E-state index in [1.807, 2.05) is 24.3 Å². The second-order valence-electron chi connectivity index (χ2n) is 9.32. The molecule has 1 atom stereocenters. The molecule has 2 aromatic rings. The van der Waals surface area contributed by atoms with Crippen molar-refractivity contribution >= 4 is 22.8 Å². The Bertz CT molecular complexity index is 1090. The summed E-state index contributed by atoms with van der Waals surface area (Å²) in [6, 6.07) is 10.0. The molecule has 8 nitrogen and oxygen atoms in total. The first kappa shape index (κ1) is 20.6. The lowest BCUT2D eigenvalue weighted by Gasteiger charge is -2.38. The van der Waals surface area contributed by atoms with Gasteiger partial charge < -0.3 is 9.80 Å². The monoisotopic (exact) mass is 447 g/mol. The normalized spacial score (nSPS) is 22.1. The predicted octanol–water partition coefficient (Wildman–Crippen LogP) is 3.56. The number of anilines is 3. The van der Waals surface area contributed by atoms with E-state index in [0.29, 0.717) is 13.1 Å². The summed E-state index contributed by atoms with van der Waals surface area (Å²) >= 11 is 0. The van der Waals surface area contributed by atoms with Crippen molar-refractivity contribution in [3.63, 3.8) is 0 Å². The molecule has 0 radical (unpaired) electrons. The van der Waals surface area contributed by atoms with Crippen LogP contribution in [-0.4, -0.2) is 63.0 Å². The summed E-state index contributed by atoms with van der Waals surface area (Å²) < 4.78 is 0. The topological polar surface area (TPSA) is 77.5 Å². The Morgan fingerprint density at radius 1 is 0.970 bits per heavy atom. The highest BCUT2D eigenvalue weighted by Gasteiger charge is 2.42. The number of benzene rings is 2. The Balaban J connectivity index is 1.43. The Morgan fingerprint density at radius 2 is 1.73 bits per heavy atom. The van der Waals surface area contributed by atoms with Crippen LogP contribution in [-0.2, 0) is 4.84 Å². The van der Waals surface area contributed by atoms with Gasteiger partial charge in [-0.25, -0.2) is 0 Å². The van der Waals surface area contributed by atoms with Crippen LogP contribution in [0.1, 0.15) is 52.4 Å². The number of hydrogen-bond donors (Lipinski definition) is 1. The van der Waals surface area contributed by atoms with Gasteiger partial charge in [-0.2, -0.15) is 4.91 Å². The van der Waals surface area contributed by atoms with E-state index >= 15 is 0 Å². The molecule has 2 aromatic carbocycles. The van der Waals surface area contributed by atoms with Crippen molar-refractivity contribution in [3.8, 4) is 0 Å². The minimum absolute atomic E-state index is 0.101. The summed E-state index contributed by atoms with van der Waals surface area (Å²) in [5.41, 5.74) is 9.77. The zero-order valence-corrected chi connectivity index (χ0v) is 18.8. The number of fused-ring (bicyclic) bond motifs is 2. The van der Waals surface area contributed by atoms with Gasteiger partial charge in [0.05, 0.1) is 29.2 Å². The van der Waals surface area contributed by atoms with Crippen molar-refractivity contribution in [2.75, 3.05) is 67.6 Å². The molecule has 4 aliphatic rings. The minimum Gasteiger partial charge on any atom is -0.371 e. The van der Waals surface area contributed by atoms with Crippen LogP contribution in [0.4, 0.5) is 17.1 Å². The molecular weight excluding hydrogens is 418 g/mol. The number of piperazine rings is 1. The second-order valence-corrected chi connectivity index (χ2v) is 9.32. The van der Waals surface area contributed by atoms with Gasteiger partial charge in [-0.15, -0.1) is 0 Å². The molecule has 1 N–H and O–H groups in total. The molecule has 33 heavy (non-hydrogen) atoms. The number of hydrogen-bond acceptors (Lipinski definition) is 8. The molecule has 0 amide bonds. The van der Waals surface area contributed by atoms with Gasteiger partial charge in [0.15, 0.2) is 5.78 Å². The molecule has 1 aliphatic carbocycles. The highest BCUT2D eigenvalue weighted by molar-refractivity contribution is 6.18. The number of nitroso groups, excluding NO2 is 1. The van der Waals surface area contributed by atoms with Gasteiger partial charge in [0.1, 0.15) is 6.10 Å². The molecule has 0 bridgehead atoms. The molecule has 172 valence electrons. The zero-order chi connectivity index (χ0) is 22.4. The van der Waals surface area contributed by atoms with Crippen molar-refractivity contribution < 1.29 is 9.63 Å². The first-order valence-corrected chi connectivity index (χ1v) is 12.0. The highest BCUT2D eigenvalue weighted by Crippen LogP contribution is 2.52. The number of nitrogens with zero attached hydrogens (tertiary/aromatic N) is 4. The summed E-state index contributed by atoms with van der Waals surface area (Å²) in [4.78, 5) is 37.5. The van der Waals surface area contributed by atoms with Crippen LogP contribution in [0, 0.1) is 4.91 Å². The molecule has 3 heterocycles. The smallest absolute Gasteiger partial charge is 0.195 e. The number of nitrogens with one attached hydrogen (secondary N) is 1. The van der Waals surface area contributed by atoms with E-state index in [1.54, 1.807) is 0 Å². The molecule has 2 saturated heterocycles. The third-order valence-corrected chi connectivity index (χ3v) is 7.50. The summed E-state index contributed by atoms with van der Waals surface area (Å²) in [6.45, 7) is 6.50. The number of rotatable bonds is 5. The maximum atomic E-state index is 13.8. The van der Waals surface area contributed by atoms with E-state index < -0.39 is 0 Å². The molecule has 6 rings (SSSR count). The van der Waals surface area contributed by atoms with Crippen LogP contribution < -0.4 is 15.3 Å². The van der Waals surface area contributed by atoms with Gasteiger partial charge in [-0.1, -0.05) is 29.4 Å². The molecule has 1 unspecified atom stereocenters.